The molecule has 1 aromatic heterocycles. The zero-order valence-corrected chi connectivity index (χ0v) is 11.9. The molecule has 0 fully saturated rings. The Morgan fingerprint density at radius 3 is 1.83 bits per heavy atom. The Balaban J connectivity index is 3.37. The number of carbonyl (C=O) groups is 2. The Labute approximate surface area is 108 Å². The average Bonchev–Trinajstić information content (AvgIpc) is 2.70. The molecule has 5 nitrogen and oxygen atoms in total. The lowest BCUT2D eigenvalue weighted by atomic mass is 9.99. The zero-order valence-electron chi connectivity index (χ0n) is 11.9. The van der Waals surface area contributed by atoms with Crippen molar-refractivity contribution in [2.24, 2.45) is 11.8 Å². The molecule has 0 aliphatic rings. The number of rotatable bonds is 5. The molecule has 0 aliphatic heterocycles. The normalized spacial score (nSPS) is 11.6. The first kappa shape index (κ1) is 14.5. The van der Waals surface area contributed by atoms with Gasteiger partial charge in [0.1, 0.15) is 5.69 Å². The quantitative estimate of drug-likeness (QED) is 0.754. The summed E-state index contributed by atoms with van der Waals surface area (Å²) in [7, 11) is 0. The SMILES string of the molecule is CC(C)C(=O)c1nnn(C(C)C)c1C(=O)C(C)C. The van der Waals surface area contributed by atoms with Gasteiger partial charge in [0.15, 0.2) is 17.3 Å². The van der Waals surface area contributed by atoms with Gasteiger partial charge in [-0.05, 0) is 13.8 Å². The number of hydrogen-bond donors (Lipinski definition) is 0. The molecule has 0 saturated carbocycles. The van der Waals surface area contributed by atoms with Gasteiger partial charge in [-0.3, -0.25) is 9.59 Å². The topological polar surface area (TPSA) is 64.8 Å². The van der Waals surface area contributed by atoms with Crippen LogP contribution in [0.4, 0.5) is 0 Å². The first-order chi connectivity index (χ1) is 8.27. The predicted octanol–water partition coefficient (Wildman–Crippen LogP) is 2.54. The molecule has 1 aromatic rings. The summed E-state index contributed by atoms with van der Waals surface area (Å²) >= 11 is 0. The smallest absolute Gasteiger partial charge is 0.188 e. The van der Waals surface area contributed by atoms with E-state index in [4.69, 9.17) is 0 Å². The van der Waals surface area contributed by atoms with Crippen LogP contribution in [0.3, 0.4) is 0 Å². The minimum absolute atomic E-state index is 0.00362. The van der Waals surface area contributed by atoms with Gasteiger partial charge in [-0.1, -0.05) is 32.9 Å². The van der Waals surface area contributed by atoms with Crippen LogP contribution in [0.15, 0.2) is 0 Å². The fourth-order valence-corrected chi connectivity index (χ4v) is 1.60. The van der Waals surface area contributed by atoms with Gasteiger partial charge < -0.3 is 0 Å². The minimum atomic E-state index is -0.193. The van der Waals surface area contributed by atoms with E-state index in [1.807, 2.05) is 27.7 Å². The Hall–Kier alpha value is -1.52. The fourth-order valence-electron chi connectivity index (χ4n) is 1.60. The second-order valence-corrected chi connectivity index (χ2v) is 5.36. The van der Waals surface area contributed by atoms with Gasteiger partial charge in [0, 0.05) is 17.9 Å². The van der Waals surface area contributed by atoms with Crippen molar-refractivity contribution in [3.63, 3.8) is 0 Å². The predicted molar refractivity (Wildman–Crippen MR) is 68.7 cm³/mol. The number of aromatic nitrogens is 3. The Bertz CT molecular complexity index is 459. The Kier molecular flexibility index (Phi) is 4.38. The maximum absolute atomic E-state index is 12.2. The average molecular weight is 251 g/mol. The Morgan fingerprint density at radius 1 is 0.944 bits per heavy atom. The van der Waals surface area contributed by atoms with E-state index in [0.717, 1.165) is 0 Å². The molecule has 0 radical (unpaired) electrons. The first-order valence-corrected chi connectivity index (χ1v) is 6.31. The van der Waals surface area contributed by atoms with E-state index in [9.17, 15) is 9.59 Å². The summed E-state index contributed by atoms with van der Waals surface area (Å²) in [5.41, 5.74) is 0.552. The van der Waals surface area contributed by atoms with Crippen LogP contribution in [0.1, 0.15) is 68.6 Å². The maximum Gasteiger partial charge on any atom is 0.188 e. The van der Waals surface area contributed by atoms with Gasteiger partial charge >= 0.3 is 0 Å². The third-order valence-electron chi connectivity index (χ3n) is 2.70. The van der Waals surface area contributed by atoms with Crippen molar-refractivity contribution in [3.8, 4) is 0 Å². The van der Waals surface area contributed by atoms with E-state index >= 15 is 0 Å². The molecule has 18 heavy (non-hydrogen) atoms. The molecule has 1 rings (SSSR count). The molecular formula is C13H21N3O2. The van der Waals surface area contributed by atoms with Crippen LogP contribution in [-0.4, -0.2) is 26.6 Å². The molecule has 0 atom stereocenters. The molecule has 0 saturated heterocycles. The number of ketones is 2. The lowest BCUT2D eigenvalue weighted by Crippen LogP contribution is -2.21. The fraction of sp³-hybridized carbons (Fsp3) is 0.692. The van der Waals surface area contributed by atoms with Crippen molar-refractivity contribution >= 4 is 11.6 Å². The highest BCUT2D eigenvalue weighted by atomic mass is 16.1. The largest absolute Gasteiger partial charge is 0.292 e. The highest BCUT2D eigenvalue weighted by Gasteiger charge is 2.28. The van der Waals surface area contributed by atoms with Crippen LogP contribution in [0, 0.1) is 11.8 Å². The molecule has 100 valence electrons. The molecule has 1 heterocycles. The molecule has 5 heteroatoms. The lowest BCUT2D eigenvalue weighted by Gasteiger charge is -2.12. The van der Waals surface area contributed by atoms with E-state index in [1.165, 1.54) is 4.68 Å². The van der Waals surface area contributed by atoms with Crippen LogP contribution in [0.25, 0.3) is 0 Å². The summed E-state index contributed by atoms with van der Waals surface area (Å²) in [6.07, 6.45) is 0. The van der Waals surface area contributed by atoms with Crippen LogP contribution >= 0.6 is 0 Å². The first-order valence-electron chi connectivity index (χ1n) is 6.31. The molecular weight excluding hydrogens is 230 g/mol. The van der Waals surface area contributed by atoms with Crippen LogP contribution < -0.4 is 0 Å². The molecule has 0 aromatic carbocycles. The number of carbonyl (C=O) groups excluding carboxylic acids is 2. The molecule has 0 N–H and O–H groups in total. The van der Waals surface area contributed by atoms with E-state index in [1.54, 1.807) is 13.8 Å². The summed E-state index contributed by atoms with van der Waals surface area (Å²) in [5.74, 6) is -0.593. The maximum atomic E-state index is 12.2. The van der Waals surface area contributed by atoms with Crippen LogP contribution in [-0.2, 0) is 0 Å². The highest BCUT2D eigenvalue weighted by molar-refractivity contribution is 6.07. The van der Waals surface area contributed by atoms with Crippen molar-refractivity contribution in [3.05, 3.63) is 11.4 Å². The van der Waals surface area contributed by atoms with Crippen molar-refractivity contribution in [2.45, 2.75) is 47.6 Å². The molecule has 0 spiro atoms. The monoisotopic (exact) mass is 251 g/mol. The van der Waals surface area contributed by atoms with Gasteiger partial charge in [0.25, 0.3) is 0 Å². The minimum Gasteiger partial charge on any atom is -0.292 e. The standard InChI is InChI=1S/C13H21N3O2/c1-7(2)12(17)10-11(13(18)8(3)4)16(9(5)6)15-14-10/h7-9H,1-6H3. The van der Waals surface area contributed by atoms with Crippen molar-refractivity contribution in [1.82, 2.24) is 15.0 Å². The third kappa shape index (κ3) is 2.66. The summed E-state index contributed by atoms with van der Waals surface area (Å²) in [4.78, 5) is 24.3. The van der Waals surface area contributed by atoms with E-state index in [0.29, 0.717) is 5.69 Å². The van der Waals surface area contributed by atoms with Gasteiger partial charge in [-0.2, -0.15) is 0 Å². The van der Waals surface area contributed by atoms with Crippen molar-refractivity contribution in [2.75, 3.05) is 0 Å². The van der Waals surface area contributed by atoms with E-state index in [-0.39, 0.29) is 35.1 Å². The molecule has 0 bridgehead atoms. The summed E-state index contributed by atoms with van der Waals surface area (Å²) in [6.45, 7) is 11.0. The highest BCUT2D eigenvalue weighted by Crippen LogP contribution is 2.18. The number of nitrogens with zero attached hydrogens (tertiary/aromatic N) is 3. The summed E-state index contributed by atoms with van der Waals surface area (Å²) in [6, 6.07) is 0.00362. The second-order valence-electron chi connectivity index (χ2n) is 5.36. The van der Waals surface area contributed by atoms with Crippen LogP contribution in [0.5, 0.6) is 0 Å². The van der Waals surface area contributed by atoms with Gasteiger partial charge in [-0.25, -0.2) is 4.68 Å². The molecule has 0 aliphatic carbocycles. The zero-order chi connectivity index (χ0) is 14.0. The Morgan fingerprint density at radius 2 is 1.44 bits per heavy atom. The second kappa shape index (κ2) is 5.42. The molecule has 0 amide bonds. The van der Waals surface area contributed by atoms with Gasteiger partial charge in [0.05, 0.1) is 0 Å². The third-order valence-corrected chi connectivity index (χ3v) is 2.70. The van der Waals surface area contributed by atoms with E-state index in [2.05, 4.69) is 10.3 Å². The summed E-state index contributed by atoms with van der Waals surface area (Å²) in [5, 5.41) is 7.85. The van der Waals surface area contributed by atoms with E-state index < -0.39 is 0 Å². The number of hydrogen-bond acceptors (Lipinski definition) is 4. The van der Waals surface area contributed by atoms with Gasteiger partial charge in [-0.15, -0.1) is 5.10 Å². The van der Waals surface area contributed by atoms with Crippen molar-refractivity contribution < 1.29 is 9.59 Å². The van der Waals surface area contributed by atoms with Gasteiger partial charge in [0.2, 0.25) is 0 Å². The van der Waals surface area contributed by atoms with Crippen LogP contribution in [0.2, 0.25) is 0 Å². The number of Topliss-reactive ketones (excluding diaryl/α,β-unsaturated/α-hetero) is 2. The lowest BCUT2D eigenvalue weighted by molar-refractivity contribution is 0.0895. The molecule has 0 unspecified atom stereocenters. The summed E-state index contributed by atoms with van der Waals surface area (Å²) < 4.78 is 1.54. The van der Waals surface area contributed by atoms with Crippen molar-refractivity contribution in [1.29, 1.82) is 0 Å².